The number of carbonyl (C=O) groups excluding carboxylic acids is 7. The number of benzene rings is 3. The molecule has 4 rings (SSSR count). The fraction of sp³-hybridized carbons (Fsp3) is 0.465. The molecule has 324 valence electrons. The van der Waals surface area contributed by atoms with Gasteiger partial charge >= 0.3 is 0 Å². The number of nitrogens with zero attached hydrogens (tertiary/aromatic N) is 1. The topological polar surface area (TPSA) is 261 Å². The third-order valence-corrected chi connectivity index (χ3v) is 10.6. The zero-order chi connectivity index (χ0) is 44.0. The average molecular weight is 846 g/mol. The molecule has 0 radical (unpaired) electrons. The first kappa shape index (κ1) is 47.2. The third-order valence-electron chi connectivity index (χ3n) is 10.3. The Balaban J connectivity index is 1.44. The van der Waals surface area contributed by atoms with E-state index in [1.165, 1.54) is 11.8 Å². The Hall–Kier alpha value is -5.52. The number of hydrogen-bond acceptors (Lipinski definition) is 10. The van der Waals surface area contributed by atoms with Gasteiger partial charge in [-0.05, 0) is 81.3 Å². The summed E-state index contributed by atoms with van der Waals surface area (Å²) in [4.78, 5) is 94.9. The molecule has 0 spiro atoms. The van der Waals surface area contributed by atoms with Crippen molar-refractivity contribution in [2.24, 2.45) is 17.2 Å². The molecule has 0 saturated carbocycles. The number of rotatable bonds is 21. The van der Waals surface area contributed by atoms with Gasteiger partial charge in [0.15, 0.2) is 0 Å². The van der Waals surface area contributed by atoms with E-state index >= 15 is 0 Å². The van der Waals surface area contributed by atoms with Crippen molar-refractivity contribution in [1.82, 2.24) is 31.5 Å². The molecule has 11 N–H and O–H groups in total. The molecular formula is C43H59N9O7S. The molecule has 1 heterocycles. The number of primary amides is 1. The van der Waals surface area contributed by atoms with Crippen LogP contribution in [0, 0.1) is 0 Å². The van der Waals surface area contributed by atoms with Gasteiger partial charge in [-0.2, -0.15) is 12.6 Å². The fourth-order valence-electron chi connectivity index (χ4n) is 7.07. The number of thiol groups is 1. The van der Waals surface area contributed by atoms with Gasteiger partial charge in [0.25, 0.3) is 0 Å². The summed E-state index contributed by atoms with van der Waals surface area (Å²) in [5.41, 5.74) is 18.7. The van der Waals surface area contributed by atoms with E-state index in [1.807, 2.05) is 42.5 Å². The van der Waals surface area contributed by atoms with Crippen LogP contribution in [0.2, 0.25) is 0 Å². The summed E-state index contributed by atoms with van der Waals surface area (Å²) in [6.45, 7) is 4.85. The van der Waals surface area contributed by atoms with Crippen molar-refractivity contribution in [2.45, 2.75) is 107 Å². The van der Waals surface area contributed by atoms with Gasteiger partial charge in [-0.25, -0.2) is 0 Å². The Morgan fingerprint density at radius 1 is 0.783 bits per heavy atom. The maximum absolute atomic E-state index is 14.1. The number of carbonyl (C=O) groups is 7. The number of nitrogens with two attached hydrogens (primary N) is 3. The quantitative estimate of drug-likeness (QED) is 0.0529. The second-order valence-electron chi connectivity index (χ2n) is 15.8. The van der Waals surface area contributed by atoms with E-state index in [2.05, 4.69) is 39.2 Å². The van der Waals surface area contributed by atoms with Gasteiger partial charge in [-0.3, -0.25) is 33.6 Å². The maximum atomic E-state index is 14.1. The van der Waals surface area contributed by atoms with Gasteiger partial charge in [-0.15, -0.1) is 0 Å². The van der Waals surface area contributed by atoms with E-state index in [1.54, 1.807) is 44.2 Å². The highest BCUT2D eigenvalue weighted by atomic mass is 32.1. The van der Waals surface area contributed by atoms with Crippen LogP contribution < -0.4 is 43.8 Å². The van der Waals surface area contributed by atoms with Crippen LogP contribution in [-0.4, -0.2) is 107 Å². The van der Waals surface area contributed by atoms with Gasteiger partial charge in [0.05, 0.1) is 12.6 Å². The van der Waals surface area contributed by atoms with E-state index in [0.29, 0.717) is 32.2 Å². The smallest absolute Gasteiger partial charge is 0.246 e. The molecule has 1 aliphatic heterocycles. The minimum atomic E-state index is -1.17. The molecule has 1 saturated heterocycles. The molecule has 7 amide bonds. The van der Waals surface area contributed by atoms with Crippen molar-refractivity contribution in [3.8, 4) is 0 Å². The number of fused-ring (bicyclic) bond motifs is 1. The minimum Gasteiger partial charge on any atom is -0.368 e. The van der Waals surface area contributed by atoms with Gasteiger partial charge in [-0.1, -0.05) is 72.8 Å². The maximum Gasteiger partial charge on any atom is 0.246 e. The monoisotopic (exact) mass is 845 g/mol. The number of unbranched alkanes of at least 4 members (excludes halogenated alkanes) is 1. The summed E-state index contributed by atoms with van der Waals surface area (Å²) in [6.07, 6.45) is 2.27. The highest BCUT2D eigenvalue weighted by Crippen LogP contribution is 2.22. The fourth-order valence-corrected chi connectivity index (χ4v) is 7.26. The first-order chi connectivity index (χ1) is 28.5. The largest absolute Gasteiger partial charge is 0.368 e. The zero-order valence-electron chi connectivity index (χ0n) is 34.4. The standard InChI is InChI=1S/C43H59N9O7S/c1-26(45)38(55)50-33(24-28-18-19-29-14-7-8-15-30(29)22-28)42(59)52-21-11-17-34(52)41(58)47-25-35(53)48-31(16-9-10-20-44)39(56)49-32(23-27-12-5-4-6-13-27)40(57)51-36(37(46)54)43(2,3)60/h4-8,12-15,18-19,22,26,31-34,36,60H,9-11,16-17,20-21,23-25,44-45H2,1-3H3,(H2,46,54)(H,47,58)(H,48,53)(H,49,56)(H,50,55)(H,51,57)/t26-,31-,32-,33-,34-,36+/m0/s1. The third kappa shape index (κ3) is 13.8. The molecule has 1 fully saturated rings. The van der Waals surface area contributed by atoms with Gasteiger partial charge < -0.3 is 48.7 Å². The van der Waals surface area contributed by atoms with Gasteiger partial charge in [0.1, 0.15) is 30.2 Å². The van der Waals surface area contributed by atoms with Crippen molar-refractivity contribution >= 4 is 64.8 Å². The number of likely N-dealkylation sites (tertiary alicyclic amines) is 1. The first-order valence-electron chi connectivity index (χ1n) is 20.3. The molecule has 17 heteroatoms. The minimum absolute atomic E-state index is 0.0606. The molecule has 3 aromatic rings. The number of nitrogens with one attached hydrogen (secondary N) is 5. The molecule has 3 aromatic carbocycles. The predicted molar refractivity (Wildman–Crippen MR) is 232 cm³/mol. The lowest BCUT2D eigenvalue weighted by atomic mass is 10.00. The van der Waals surface area contributed by atoms with Gasteiger partial charge in [0.2, 0.25) is 41.4 Å². The summed E-state index contributed by atoms with van der Waals surface area (Å²) in [5, 5.41) is 15.4. The average Bonchev–Trinajstić information content (AvgIpc) is 3.71. The Kier molecular flexibility index (Phi) is 17.4. The lowest BCUT2D eigenvalue weighted by molar-refractivity contribution is -0.141. The van der Waals surface area contributed by atoms with E-state index in [-0.39, 0.29) is 25.8 Å². The summed E-state index contributed by atoms with van der Waals surface area (Å²) < 4.78 is -1.02. The normalized spacial score (nSPS) is 16.4. The summed E-state index contributed by atoms with van der Waals surface area (Å²) in [5.74, 6) is -4.36. The van der Waals surface area contributed by atoms with Crippen LogP contribution in [0.25, 0.3) is 10.8 Å². The molecule has 16 nitrogen and oxygen atoms in total. The highest BCUT2D eigenvalue weighted by molar-refractivity contribution is 7.81. The number of amides is 7. The molecule has 0 unspecified atom stereocenters. The molecule has 60 heavy (non-hydrogen) atoms. The van der Waals surface area contributed by atoms with Crippen molar-refractivity contribution in [2.75, 3.05) is 19.6 Å². The van der Waals surface area contributed by atoms with Crippen LogP contribution in [-0.2, 0) is 46.4 Å². The summed E-state index contributed by atoms with van der Waals surface area (Å²) in [6, 6.07) is 16.2. The van der Waals surface area contributed by atoms with Crippen LogP contribution in [0.1, 0.15) is 64.0 Å². The van der Waals surface area contributed by atoms with Crippen molar-refractivity contribution in [3.63, 3.8) is 0 Å². The van der Waals surface area contributed by atoms with Crippen molar-refractivity contribution < 1.29 is 33.6 Å². The number of hydrogen-bond donors (Lipinski definition) is 9. The van der Waals surface area contributed by atoms with Gasteiger partial charge in [0, 0.05) is 24.1 Å². The second-order valence-corrected chi connectivity index (χ2v) is 16.9. The summed E-state index contributed by atoms with van der Waals surface area (Å²) >= 11 is 4.42. The Labute approximate surface area is 356 Å². The molecule has 0 aromatic heterocycles. The van der Waals surface area contributed by atoms with Crippen molar-refractivity contribution in [1.29, 1.82) is 0 Å². The Morgan fingerprint density at radius 3 is 2.07 bits per heavy atom. The molecule has 0 aliphatic carbocycles. The van der Waals surface area contributed by atoms with Crippen LogP contribution in [0.4, 0.5) is 0 Å². The molecule has 6 atom stereocenters. The van der Waals surface area contributed by atoms with E-state index in [0.717, 1.165) is 21.9 Å². The zero-order valence-corrected chi connectivity index (χ0v) is 35.3. The van der Waals surface area contributed by atoms with Crippen molar-refractivity contribution in [3.05, 3.63) is 83.9 Å². The first-order valence-corrected chi connectivity index (χ1v) is 20.7. The van der Waals surface area contributed by atoms with Crippen LogP contribution in [0.15, 0.2) is 72.8 Å². The Bertz CT molecular complexity index is 1990. The van der Waals surface area contributed by atoms with Crippen LogP contribution in [0.5, 0.6) is 0 Å². The SMILES string of the molecule is C[C@H](N)C(=O)N[C@@H](Cc1ccc2ccccc2c1)C(=O)N1CCC[C@H]1C(=O)NCC(=O)N[C@@H](CCCCN)C(=O)N[C@@H](Cc1ccccc1)C(=O)N[C@H](C(N)=O)C(C)(C)S. The Morgan fingerprint density at radius 2 is 1.42 bits per heavy atom. The molecule has 1 aliphatic rings. The van der Waals surface area contributed by atoms with E-state index in [9.17, 15) is 33.6 Å². The lowest BCUT2D eigenvalue weighted by Crippen LogP contribution is -2.60. The second kappa shape index (κ2) is 22.2. The van der Waals surface area contributed by atoms with E-state index < -0.39 is 88.9 Å². The lowest BCUT2D eigenvalue weighted by Gasteiger charge is -2.30. The molecule has 0 bridgehead atoms. The van der Waals surface area contributed by atoms with Crippen LogP contribution in [0.3, 0.4) is 0 Å². The predicted octanol–water partition coefficient (Wildman–Crippen LogP) is 0.341. The summed E-state index contributed by atoms with van der Waals surface area (Å²) in [7, 11) is 0. The van der Waals surface area contributed by atoms with Crippen LogP contribution >= 0.6 is 12.6 Å². The van der Waals surface area contributed by atoms with E-state index in [4.69, 9.17) is 17.2 Å². The highest BCUT2D eigenvalue weighted by Gasteiger charge is 2.39. The molecular weight excluding hydrogens is 787 g/mol.